The molecule has 0 bridgehead atoms. The Morgan fingerprint density at radius 3 is 2.67 bits per heavy atom. The van der Waals surface area contributed by atoms with Gasteiger partial charge in [-0.25, -0.2) is 4.98 Å². The van der Waals surface area contributed by atoms with E-state index >= 15 is 0 Å². The van der Waals surface area contributed by atoms with Gasteiger partial charge in [0.15, 0.2) is 0 Å². The fourth-order valence-corrected chi connectivity index (χ4v) is 3.57. The Morgan fingerprint density at radius 1 is 1.07 bits per heavy atom. The Balaban J connectivity index is 1.58. The standard InChI is InChI=1S/C21H21ClN4O/c1-14-11-20(24-17-7-8-19(27-2)18(22)12-17)25-21(23-14)26-10-9-15-5-3-4-6-16(15)13-26/h3-8,11-12H,9-10,13H2,1-2H3,(H,23,24,25). The van der Waals surface area contributed by atoms with Crippen LogP contribution in [0.1, 0.15) is 16.8 Å². The van der Waals surface area contributed by atoms with Crippen molar-refractivity contribution >= 4 is 29.1 Å². The van der Waals surface area contributed by atoms with Gasteiger partial charge in [-0.2, -0.15) is 4.98 Å². The smallest absolute Gasteiger partial charge is 0.227 e. The molecule has 0 spiro atoms. The number of rotatable bonds is 4. The molecule has 4 rings (SSSR count). The van der Waals surface area contributed by atoms with Crippen LogP contribution in [0.5, 0.6) is 5.75 Å². The van der Waals surface area contributed by atoms with Crippen LogP contribution in [-0.4, -0.2) is 23.6 Å². The topological polar surface area (TPSA) is 50.3 Å². The summed E-state index contributed by atoms with van der Waals surface area (Å²) in [7, 11) is 1.60. The van der Waals surface area contributed by atoms with Gasteiger partial charge in [-0.3, -0.25) is 0 Å². The van der Waals surface area contributed by atoms with Crippen LogP contribution in [0, 0.1) is 6.92 Å². The highest BCUT2D eigenvalue weighted by molar-refractivity contribution is 6.32. The van der Waals surface area contributed by atoms with Crippen molar-refractivity contribution in [1.29, 1.82) is 0 Å². The lowest BCUT2D eigenvalue weighted by Crippen LogP contribution is -2.32. The number of halogens is 1. The summed E-state index contributed by atoms with van der Waals surface area (Å²) in [5.74, 6) is 2.14. The summed E-state index contributed by atoms with van der Waals surface area (Å²) in [6, 6.07) is 16.1. The highest BCUT2D eigenvalue weighted by Crippen LogP contribution is 2.29. The molecule has 0 unspecified atom stereocenters. The lowest BCUT2D eigenvalue weighted by Gasteiger charge is -2.29. The summed E-state index contributed by atoms with van der Waals surface area (Å²) in [4.78, 5) is 11.6. The largest absolute Gasteiger partial charge is 0.495 e. The zero-order valence-corrected chi connectivity index (χ0v) is 16.1. The highest BCUT2D eigenvalue weighted by atomic mass is 35.5. The first-order valence-corrected chi connectivity index (χ1v) is 9.28. The van der Waals surface area contributed by atoms with Crippen molar-refractivity contribution in [2.75, 3.05) is 23.9 Å². The molecule has 0 saturated carbocycles. The van der Waals surface area contributed by atoms with E-state index in [0.29, 0.717) is 10.8 Å². The van der Waals surface area contributed by atoms with Gasteiger partial charge < -0.3 is 15.0 Å². The zero-order valence-electron chi connectivity index (χ0n) is 15.4. The van der Waals surface area contributed by atoms with Crippen LogP contribution >= 0.6 is 11.6 Å². The molecule has 0 atom stereocenters. The van der Waals surface area contributed by atoms with Gasteiger partial charge >= 0.3 is 0 Å². The quantitative estimate of drug-likeness (QED) is 0.707. The Labute approximate surface area is 164 Å². The second kappa shape index (κ2) is 7.45. The summed E-state index contributed by atoms with van der Waals surface area (Å²) < 4.78 is 5.20. The summed E-state index contributed by atoms with van der Waals surface area (Å²) in [5, 5.41) is 3.87. The number of aromatic nitrogens is 2. The monoisotopic (exact) mass is 380 g/mol. The number of hydrogen-bond acceptors (Lipinski definition) is 5. The minimum atomic E-state index is 0.557. The number of methoxy groups -OCH3 is 1. The van der Waals surface area contributed by atoms with Gasteiger partial charge in [-0.15, -0.1) is 0 Å². The SMILES string of the molecule is COc1ccc(Nc2cc(C)nc(N3CCc4ccccc4C3)n2)cc1Cl. The molecule has 27 heavy (non-hydrogen) atoms. The fraction of sp³-hybridized carbons (Fsp3) is 0.238. The van der Waals surface area contributed by atoms with E-state index in [9.17, 15) is 0 Å². The third-order valence-corrected chi connectivity index (χ3v) is 4.98. The highest BCUT2D eigenvalue weighted by Gasteiger charge is 2.19. The van der Waals surface area contributed by atoms with E-state index in [0.717, 1.165) is 42.7 Å². The second-order valence-corrected chi connectivity index (χ2v) is 7.02. The lowest BCUT2D eigenvalue weighted by molar-refractivity contribution is 0.415. The summed E-state index contributed by atoms with van der Waals surface area (Å²) >= 11 is 6.22. The molecule has 0 saturated heterocycles. The first kappa shape index (κ1) is 17.6. The van der Waals surface area contributed by atoms with Crippen LogP contribution in [0.4, 0.5) is 17.5 Å². The number of anilines is 3. The number of aryl methyl sites for hydroxylation is 1. The van der Waals surface area contributed by atoms with Crippen LogP contribution in [0.25, 0.3) is 0 Å². The van der Waals surface area contributed by atoms with Crippen LogP contribution in [0.3, 0.4) is 0 Å². The molecule has 0 radical (unpaired) electrons. The molecule has 1 N–H and O–H groups in total. The lowest BCUT2D eigenvalue weighted by atomic mass is 10.0. The van der Waals surface area contributed by atoms with Gasteiger partial charge in [0.25, 0.3) is 0 Å². The molecule has 0 aliphatic carbocycles. The first-order chi connectivity index (χ1) is 13.1. The molecular weight excluding hydrogens is 360 g/mol. The predicted molar refractivity (Wildman–Crippen MR) is 109 cm³/mol. The number of fused-ring (bicyclic) bond motifs is 1. The molecule has 2 heterocycles. The molecule has 3 aromatic rings. The van der Waals surface area contributed by atoms with Crippen LogP contribution in [0.2, 0.25) is 5.02 Å². The molecule has 1 aliphatic rings. The van der Waals surface area contributed by atoms with Gasteiger partial charge in [-0.05, 0) is 42.7 Å². The maximum Gasteiger partial charge on any atom is 0.227 e. The number of hydrogen-bond donors (Lipinski definition) is 1. The zero-order chi connectivity index (χ0) is 18.8. The molecule has 0 fully saturated rings. The Bertz CT molecular complexity index is 976. The van der Waals surface area contributed by atoms with Crippen LogP contribution in [-0.2, 0) is 13.0 Å². The van der Waals surface area contributed by atoms with Crippen LogP contribution in [0.15, 0.2) is 48.5 Å². The molecule has 5 nitrogen and oxygen atoms in total. The molecule has 138 valence electrons. The third kappa shape index (κ3) is 3.83. The number of nitrogens with one attached hydrogen (secondary N) is 1. The molecule has 1 aromatic heterocycles. The van der Waals surface area contributed by atoms with Gasteiger partial charge in [0.05, 0.1) is 12.1 Å². The van der Waals surface area contributed by atoms with Crippen molar-refractivity contribution in [2.24, 2.45) is 0 Å². The first-order valence-electron chi connectivity index (χ1n) is 8.90. The average Bonchev–Trinajstić information content (AvgIpc) is 2.67. The van der Waals surface area contributed by atoms with E-state index in [4.69, 9.17) is 21.3 Å². The van der Waals surface area contributed by atoms with Crippen molar-refractivity contribution in [2.45, 2.75) is 19.9 Å². The summed E-state index contributed by atoms with van der Waals surface area (Å²) in [6.45, 7) is 3.72. The van der Waals surface area contributed by atoms with Crippen molar-refractivity contribution in [3.63, 3.8) is 0 Å². The normalized spacial score (nSPS) is 13.2. The van der Waals surface area contributed by atoms with Gasteiger partial charge in [0.2, 0.25) is 5.95 Å². The average molecular weight is 381 g/mol. The molecule has 2 aromatic carbocycles. The summed E-state index contributed by atoms with van der Waals surface area (Å²) in [6.07, 6.45) is 1.00. The minimum absolute atomic E-state index is 0.557. The van der Waals surface area contributed by atoms with E-state index in [-0.39, 0.29) is 0 Å². The Hall–Kier alpha value is -2.79. The fourth-order valence-electron chi connectivity index (χ4n) is 3.32. The maximum absolute atomic E-state index is 6.22. The van der Waals surface area contributed by atoms with E-state index in [1.807, 2.05) is 31.2 Å². The molecular formula is C21H21ClN4O. The van der Waals surface area contributed by atoms with E-state index < -0.39 is 0 Å². The van der Waals surface area contributed by atoms with Gasteiger partial charge in [0.1, 0.15) is 11.6 Å². The van der Waals surface area contributed by atoms with Crippen LogP contribution < -0.4 is 15.0 Å². The van der Waals surface area contributed by atoms with Gasteiger partial charge in [0, 0.05) is 30.5 Å². The maximum atomic E-state index is 6.22. The predicted octanol–water partition coefficient (Wildman–Crippen LogP) is 4.75. The number of ether oxygens (including phenoxy) is 1. The Morgan fingerprint density at radius 2 is 1.89 bits per heavy atom. The van der Waals surface area contributed by atoms with Crippen molar-refractivity contribution < 1.29 is 4.74 Å². The van der Waals surface area contributed by atoms with Crippen molar-refractivity contribution in [1.82, 2.24) is 9.97 Å². The number of nitrogens with zero attached hydrogens (tertiary/aromatic N) is 3. The van der Waals surface area contributed by atoms with Crippen molar-refractivity contribution in [3.8, 4) is 5.75 Å². The second-order valence-electron chi connectivity index (χ2n) is 6.61. The number of benzene rings is 2. The minimum Gasteiger partial charge on any atom is -0.495 e. The van der Waals surface area contributed by atoms with E-state index in [1.54, 1.807) is 7.11 Å². The Kier molecular flexibility index (Phi) is 4.86. The van der Waals surface area contributed by atoms with E-state index in [2.05, 4.69) is 39.5 Å². The van der Waals surface area contributed by atoms with Gasteiger partial charge in [-0.1, -0.05) is 35.9 Å². The van der Waals surface area contributed by atoms with E-state index in [1.165, 1.54) is 11.1 Å². The summed E-state index contributed by atoms with van der Waals surface area (Å²) in [5.41, 5.74) is 4.52. The third-order valence-electron chi connectivity index (χ3n) is 4.68. The van der Waals surface area contributed by atoms with Crippen molar-refractivity contribution in [3.05, 3.63) is 70.4 Å². The molecule has 6 heteroatoms. The molecule has 1 aliphatic heterocycles. The molecule has 0 amide bonds.